The van der Waals surface area contributed by atoms with Crippen LogP contribution in [0.4, 0.5) is 0 Å². The van der Waals surface area contributed by atoms with E-state index in [1.165, 1.54) is 29.3 Å². The molecule has 2 aromatic rings. The molecule has 0 bridgehead atoms. The van der Waals surface area contributed by atoms with Crippen LogP contribution in [0.5, 0.6) is 0 Å². The van der Waals surface area contributed by atoms with Gasteiger partial charge < -0.3 is 15.0 Å². The zero-order chi connectivity index (χ0) is 15.9. The first kappa shape index (κ1) is 15.2. The van der Waals surface area contributed by atoms with Gasteiger partial charge in [0.25, 0.3) is 0 Å². The fourth-order valence-electron chi connectivity index (χ4n) is 4.73. The van der Waals surface area contributed by atoms with Crippen LogP contribution in [-0.2, 0) is 6.54 Å². The van der Waals surface area contributed by atoms with Crippen molar-refractivity contribution in [2.24, 2.45) is 11.3 Å². The summed E-state index contributed by atoms with van der Waals surface area (Å²) < 4.78 is 0. The highest BCUT2D eigenvalue weighted by molar-refractivity contribution is 5.79. The Kier molecular flexibility index (Phi) is 3.92. The normalized spacial score (nSPS) is 25.6. The van der Waals surface area contributed by atoms with Gasteiger partial charge >= 0.3 is 0 Å². The second-order valence-corrected chi connectivity index (χ2v) is 7.61. The lowest BCUT2D eigenvalue weighted by molar-refractivity contribution is 0.0488. The number of rotatable bonds is 3. The summed E-state index contributed by atoms with van der Waals surface area (Å²) in [6.07, 6.45) is 4.44. The first-order valence-electron chi connectivity index (χ1n) is 8.76. The molecule has 124 valence electrons. The minimum absolute atomic E-state index is 0.341. The smallest absolute Gasteiger partial charge is 0.0477 e. The summed E-state index contributed by atoms with van der Waals surface area (Å²) in [5.74, 6) is 0.463. The number of aromatic amines is 1. The quantitative estimate of drug-likeness (QED) is 0.914. The maximum atomic E-state index is 9.74. The van der Waals surface area contributed by atoms with Crippen LogP contribution < -0.4 is 0 Å². The highest BCUT2D eigenvalue weighted by Gasteiger charge is 2.46. The first-order chi connectivity index (χ1) is 11.2. The number of benzene rings is 1. The van der Waals surface area contributed by atoms with Gasteiger partial charge in [-0.3, -0.25) is 4.90 Å². The van der Waals surface area contributed by atoms with Crippen LogP contribution >= 0.6 is 0 Å². The van der Waals surface area contributed by atoms with E-state index in [2.05, 4.69) is 46.1 Å². The Morgan fingerprint density at radius 3 is 2.87 bits per heavy atom. The van der Waals surface area contributed by atoms with Crippen LogP contribution in [0.15, 0.2) is 30.5 Å². The summed E-state index contributed by atoms with van der Waals surface area (Å²) in [5.41, 5.74) is 2.97. The third kappa shape index (κ3) is 2.80. The molecule has 1 unspecified atom stereocenters. The van der Waals surface area contributed by atoms with E-state index in [0.29, 0.717) is 17.9 Å². The standard InChI is InChI=1S/C19H27N3O/c1-21-12-17(13-23)19(14-21)5-8-22(9-6-19)11-15-2-3-16-4-7-20-18(16)10-15/h2-4,7,10,17,20,23H,5-6,8-9,11-14H2,1H3. The minimum Gasteiger partial charge on any atom is -0.396 e. The van der Waals surface area contributed by atoms with Crippen molar-refractivity contribution in [3.05, 3.63) is 36.0 Å². The van der Waals surface area contributed by atoms with Crippen molar-refractivity contribution in [1.29, 1.82) is 0 Å². The Hall–Kier alpha value is -1.36. The molecule has 2 aliphatic heterocycles. The molecule has 0 aliphatic carbocycles. The summed E-state index contributed by atoms with van der Waals surface area (Å²) in [7, 11) is 2.19. The second kappa shape index (κ2) is 5.93. The van der Waals surface area contributed by atoms with E-state index >= 15 is 0 Å². The number of nitrogens with one attached hydrogen (secondary N) is 1. The molecule has 0 amide bonds. The molecule has 2 aliphatic rings. The molecule has 4 rings (SSSR count). The Labute approximate surface area is 138 Å². The molecular weight excluding hydrogens is 286 g/mol. The van der Waals surface area contributed by atoms with Crippen LogP contribution in [0, 0.1) is 11.3 Å². The first-order valence-corrected chi connectivity index (χ1v) is 8.76. The molecule has 4 nitrogen and oxygen atoms in total. The molecule has 2 fully saturated rings. The number of aliphatic hydroxyl groups excluding tert-OH is 1. The molecule has 2 N–H and O–H groups in total. The summed E-state index contributed by atoms with van der Waals surface area (Å²) in [6, 6.07) is 8.86. The van der Waals surface area contributed by atoms with E-state index in [1.54, 1.807) is 0 Å². The van der Waals surface area contributed by atoms with Crippen LogP contribution in [0.3, 0.4) is 0 Å². The van der Waals surface area contributed by atoms with Crippen molar-refractivity contribution in [3.63, 3.8) is 0 Å². The molecule has 1 aromatic carbocycles. The predicted molar refractivity (Wildman–Crippen MR) is 93.3 cm³/mol. The molecule has 0 saturated carbocycles. The number of fused-ring (bicyclic) bond motifs is 1. The summed E-state index contributed by atoms with van der Waals surface area (Å²) in [4.78, 5) is 8.27. The number of aromatic nitrogens is 1. The van der Waals surface area contributed by atoms with Crippen molar-refractivity contribution in [2.75, 3.05) is 39.8 Å². The fourth-order valence-corrected chi connectivity index (χ4v) is 4.73. The number of hydrogen-bond acceptors (Lipinski definition) is 3. The van der Waals surface area contributed by atoms with Gasteiger partial charge in [-0.15, -0.1) is 0 Å². The van der Waals surface area contributed by atoms with Crippen molar-refractivity contribution >= 4 is 10.9 Å². The molecular formula is C19H27N3O. The largest absolute Gasteiger partial charge is 0.396 e. The van der Waals surface area contributed by atoms with E-state index in [1.807, 2.05) is 6.20 Å². The van der Waals surface area contributed by atoms with E-state index in [-0.39, 0.29) is 0 Å². The van der Waals surface area contributed by atoms with E-state index < -0.39 is 0 Å². The van der Waals surface area contributed by atoms with Gasteiger partial charge in [0.15, 0.2) is 0 Å². The molecule has 4 heteroatoms. The van der Waals surface area contributed by atoms with Crippen molar-refractivity contribution in [1.82, 2.24) is 14.8 Å². The Balaban J connectivity index is 1.41. The van der Waals surface area contributed by atoms with Crippen LogP contribution in [0.25, 0.3) is 10.9 Å². The van der Waals surface area contributed by atoms with Crippen molar-refractivity contribution in [2.45, 2.75) is 19.4 Å². The van der Waals surface area contributed by atoms with Gasteiger partial charge in [-0.25, -0.2) is 0 Å². The third-order valence-corrected chi connectivity index (χ3v) is 6.08. The average Bonchev–Trinajstić information content (AvgIpc) is 3.13. The maximum absolute atomic E-state index is 9.74. The number of hydrogen-bond donors (Lipinski definition) is 2. The maximum Gasteiger partial charge on any atom is 0.0477 e. The van der Waals surface area contributed by atoms with Gasteiger partial charge in [0.2, 0.25) is 0 Å². The Bertz CT molecular complexity index is 672. The molecule has 3 heterocycles. The number of likely N-dealkylation sites (tertiary alicyclic amines) is 2. The van der Waals surface area contributed by atoms with Gasteiger partial charge in [-0.2, -0.15) is 0 Å². The van der Waals surface area contributed by atoms with E-state index in [0.717, 1.165) is 32.7 Å². The summed E-state index contributed by atoms with van der Waals surface area (Å²) in [5, 5.41) is 11.0. The molecule has 2 saturated heterocycles. The van der Waals surface area contributed by atoms with Gasteiger partial charge in [-0.1, -0.05) is 12.1 Å². The summed E-state index contributed by atoms with van der Waals surface area (Å²) >= 11 is 0. The van der Waals surface area contributed by atoms with Crippen LogP contribution in [-0.4, -0.2) is 59.7 Å². The van der Waals surface area contributed by atoms with Crippen molar-refractivity contribution < 1.29 is 5.11 Å². The van der Waals surface area contributed by atoms with Crippen LogP contribution in [0.1, 0.15) is 18.4 Å². The van der Waals surface area contributed by atoms with E-state index in [4.69, 9.17) is 0 Å². The Morgan fingerprint density at radius 1 is 1.26 bits per heavy atom. The van der Waals surface area contributed by atoms with Crippen LogP contribution in [0.2, 0.25) is 0 Å². The predicted octanol–water partition coefficient (Wildman–Crippen LogP) is 2.30. The fraction of sp³-hybridized carbons (Fsp3) is 0.579. The number of nitrogens with zero attached hydrogens (tertiary/aromatic N) is 2. The number of piperidine rings is 1. The lowest BCUT2D eigenvalue weighted by Gasteiger charge is -2.42. The minimum atomic E-state index is 0.341. The highest BCUT2D eigenvalue weighted by Crippen LogP contribution is 2.44. The second-order valence-electron chi connectivity index (χ2n) is 7.61. The van der Waals surface area contributed by atoms with Crippen molar-refractivity contribution in [3.8, 4) is 0 Å². The van der Waals surface area contributed by atoms with Gasteiger partial charge in [0.05, 0.1) is 0 Å². The SMILES string of the molecule is CN1CC(CO)C2(CCN(Cc3ccc4cc[nH]c4c3)CC2)C1. The highest BCUT2D eigenvalue weighted by atomic mass is 16.3. The monoisotopic (exact) mass is 313 g/mol. The lowest BCUT2D eigenvalue weighted by Crippen LogP contribution is -2.44. The average molecular weight is 313 g/mol. The molecule has 23 heavy (non-hydrogen) atoms. The van der Waals surface area contributed by atoms with Gasteiger partial charge in [-0.05, 0) is 61.5 Å². The number of aliphatic hydroxyl groups is 1. The zero-order valence-electron chi connectivity index (χ0n) is 14.0. The molecule has 1 atom stereocenters. The summed E-state index contributed by atoms with van der Waals surface area (Å²) in [6.45, 7) is 5.87. The molecule has 1 spiro atoms. The Morgan fingerprint density at radius 2 is 2.09 bits per heavy atom. The number of H-pyrrole nitrogens is 1. The third-order valence-electron chi connectivity index (χ3n) is 6.08. The van der Waals surface area contributed by atoms with E-state index in [9.17, 15) is 5.11 Å². The zero-order valence-corrected chi connectivity index (χ0v) is 14.0. The lowest BCUT2D eigenvalue weighted by atomic mass is 9.71. The van der Waals surface area contributed by atoms with Gasteiger partial charge in [0.1, 0.15) is 0 Å². The molecule has 0 radical (unpaired) electrons. The topological polar surface area (TPSA) is 42.5 Å². The molecule has 1 aromatic heterocycles. The van der Waals surface area contributed by atoms with Gasteiger partial charge in [0, 0.05) is 43.9 Å².